The highest BCUT2D eigenvalue weighted by Gasteiger charge is 2.32. The molecule has 2 N–H and O–H groups in total. The molecule has 2 atom stereocenters. The fourth-order valence-corrected chi connectivity index (χ4v) is 2.87. The van der Waals surface area contributed by atoms with Gasteiger partial charge in [0.15, 0.2) is 0 Å². The van der Waals surface area contributed by atoms with Gasteiger partial charge in [-0.05, 0) is 51.7 Å². The summed E-state index contributed by atoms with van der Waals surface area (Å²) >= 11 is 0. The Balaban J connectivity index is 1.89. The fraction of sp³-hybridized carbons (Fsp3) is 0.917. The molecule has 4 nitrogen and oxygen atoms in total. The van der Waals surface area contributed by atoms with Gasteiger partial charge in [0, 0.05) is 13.1 Å². The van der Waals surface area contributed by atoms with Gasteiger partial charge in [-0.1, -0.05) is 0 Å². The molecule has 0 aliphatic carbocycles. The van der Waals surface area contributed by atoms with Gasteiger partial charge in [-0.2, -0.15) is 0 Å². The average molecular weight is 225 g/mol. The maximum absolute atomic E-state index is 11.9. The summed E-state index contributed by atoms with van der Waals surface area (Å²) in [6, 6.07) is 0.143. The van der Waals surface area contributed by atoms with Gasteiger partial charge >= 0.3 is 0 Å². The quantitative estimate of drug-likeness (QED) is 0.721. The Labute approximate surface area is 97.8 Å². The number of carbonyl (C=O) groups is 1. The number of hydrogen-bond acceptors (Lipinski definition) is 3. The van der Waals surface area contributed by atoms with Crippen molar-refractivity contribution in [2.24, 2.45) is 5.92 Å². The SMILES string of the molecule is CNCC1CCN(C2CCCCNC2=O)C1. The molecule has 2 heterocycles. The molecule has 0 bridgehead atoms. The van der Waals surface area contributed by atoms with Crippen molar-refractivity contribution in [2.75, 3.05) is 33.2 Å². The topological polar surface area (TPSA) is 44.4 Å². The van der Waals surface area contributed by atoms with Crippen LogP contribution in [-0.4, -0.2) is 50.1 Å². The van der Waals surface area contributed by atoms with E-state index in [0.717, 1.165) is 44.9 Å². The lowest BCUT2D eigenvalue weighted by Gasteiger charge is -2.25. The lowest BCUT2D eigenvalue weighted by atomic mass is 10.1. The molecule has 2 saturated heterocycles. The van der Waals surface area contributed by atoms with Crippen LogP contribution < -0.4 is 10.6 Å². The van der Waals surface area contributed by atoms with Crippen molar-refractivity contribution >= 4 is 5.91 Å². The predicted molar refractivity (Wildman–Crippen MR) is 64.3 cm³/mol. The van der Waals surface area contributed by atoms with Crippen LogP contribution in [0.5, 0.6) is 0 Å². The van der Waals surface area contributed by atoms with Gasteiger partial charge in [0.1, 0.15) is 0 Å². The molecule has 0 radical (unpaired) electrons. The highest BCUT2D eigenvalue weighted by atomic mass is 16.2. The first-order valence-corrected chi connectivity index (χ1v) is 6.47. The van der Waals surface area contributed by atoms with Crippen LogP contribution in [0.2, 0.25) is 0 Å². The van der Waals surface area contributed by atoms with Crippen molar-refractivity contribution in [1.29, 1.82) is 0 Å². The number of amides is 1. The Morgan fingerprint density at radius 3 is 3.12 bits per heavy atom. The van der Waals surface area contributed by atoms with Crippen molar-refractivity contribution in [1.82, 2.24) is 15.5 Å². The van der Waals surface area contributed by atoms with Gasteiger partial charge in [0.05, 0.1) is 6.04 Å². The minimum Gasteiger partial charge on any atom is -0.355 e. The maximum Gasteiger partial charge on any atom is 0.237 e. The Morgan fingerprint density at radius 2 is 2.31 bits per heavy atom. The van der Waals surface area contributed by atoms with E-state index >= 15 is 0 Å². The first-order chi connectivity index (χ1) is 7.81. The van der Waals surface area contributed by atoms with E-state index in [9.17, 15) is 4.79 Å². The number of hydrogen-bond donors (Lipinski definition) is 2. The van der Waals surface area contributed by atoms with E-state index in [4.69, 9.17) is 0 Å². The molecule has 2 fully saturated rings. The van der Waals surface area contributed by atoms with E-state index in [1.54, 1.807) is 0 Å². The van der Waals surface area contributed by atoms with Crippen LogP contribution >= 0.6 is 0 Å². The zero-order chi connectivity index (χ0) is 11.4. The smallest absolute Gasteiger partial charge is 0.237 e. The molecule has 0 aromatic rings. The molecule has 92 valence electrons. The van der Waals surface area contributed by atoms with Crippen molar-refractivity contribution in [2.45, 2.75) is 31.7 Å². The summed E-state index contributed by atoms with van der Waals surface area (Å²) in [5.41, 5.74) is 0. The average Bonchev–Trinajstić information content (AvgIpc) is 2.61. The Bertz CT molecular complexity index is 244. The van der Waals surface area contributed by atoms with Crippen LogP contribution in [0.4, 0.5) is 0 Å². The van der Waals surface area contributed by atoms with Crippen LogP contribution in [0.1, 0.15) is 25.7 Å². The Kier molecular flexibility index (Phi) is 4.18. The maximum atomic E-state index is 11.9. The van der Waals surface area contributed by atoms with Gasteiger partial charge in [0.25, 0.3) is 0 Å². The van der Waals surface area contributed by atoms with Crippen LogP contribution in [0.3, 0.4) is 0 Å². The van der Waals surface area contributed by atoms with Crippen LogP contribution in [0, 0.1) is 5.92 Å². The van der Waals surface area contributed by atoms with E-state index in [0.29, 0.717) is 0 Å². The van der Waals surface area contributed by atoms with Gasteiger partial charge < -0.3 is 10.6 Å². The van der Waals surface area contributed by atoms with Gasteiger partial charge in [-0.15, -0.1) is 0 Å². The lowest BCUT2D eigenvalue weighted by Crippen LogP contribution is -2.45. The largest absolute Gasteiger partial charge is 0.355 e. The minimum atomic E-state index is 0.143. The number of nitrogens with one attached hydrogen (secondary N) is 2. The minimum absolute atomic E-state index is 0.143. The summed E-state index contributed by atoms with van der Waals surface area (Å²) in [5.74, 6) is 0.976. The molecule has 2 rings (SSSR count). The molecule has 2 unspecified atom stereocenters. The normalized spacial score (nSPS) is 32.4. The first kappa shape index (κ1) is 11.9. The number of rotatable bonds is 3. The van der Waals surface area contributed by atoms with Gasteiger partial charge in [0.2, 0.25) is 5.91 Å². The first-order valence-electron chi connectivity index (χ1n) is 6.47. The van der Waals surface area contributed by atoms with Crippen LogP contribution in [-0.2, 0) is 4.79 Å². The second kappa shape index (κ2) is 5.64. The van der Waals surface area contributed by atoms with Crippen LogP contribution in [0.25, 0.3) is 0 Å². The third kappa shape index (κ3) is 2.74. The van der Waals surface area contributed by atoms with E-state index in [1.807, 2.05) is 7.05 Å². The van der Waals surface area contributed by atoms with Crippen LogP contribution in [0.15, 0.2) is 0 Å². The molecular weight excluding hydrogens is 202 g/mol. The van der Waals surface area contributed by atoms with Crippen molar-refractivity contribution in [3.05, 3.63) is 0 Å². The Hall–Kier alpha value is -0.610. The number of carbonyl (C=O) groups excluding carboxylic acids is 1. The monoisotopic (exact) mass is 225 g/mol. The molecule has 2 aliphatic heterocycles. The van der Waals surface area contributed by atoms with Crippen molar-refractivity contribution in [3.63, 3.8) is 0 Å². The standard InChI is InChI=1S/C12H23N3O/c1-13-8-10-5-7-15(9-10)11-4-2-3-6-14-12(11)16/h10-11,13H,2-9H2,1H3,(H,14,16). The number of likely N-dealkylation sites (tertiary alicyclic amines) is 1. The van der Waals surface area contributed by atoms with E-state index in [2.05, 4.69) is 15.5 Å². The summed E-state index contributed by atoms with van der Waals surface area (Å²) in [7, 11) is 2.00. The zero-order valence-corrected chi connectivity index (χ0v) is 10.2. The van der Waals surface area contributed by atoms with Gasteiger partial charge in [-0.3, -0.25) is 9.69 Å². The molecule has 1 amide bonds. The predicted octanol–water partition coefficient (Wildman–Crippen LogP) is 0.196. The summed E-state index contributed by atoms with van der Waals surface area (Å²) in [4.78, 5) is 14.3. The third-order valence-electron chi connectivity index (χ3n) is 3.76. The Morgan fingerprint density at radius 1 is 1.44 bits per heavy atom. The third-order valence-corrected chi connectivity index (χ3v) is 3.76. The molecular formula is C12H23N3O. The zero-order valence-electron chi connectivity index (χ0n) is 10.2. The van der Waals surface area contributed by atoms with Crippen molar-refractivity contribution < 1.29 is 4.79 Å². The summed E-state index contributed by atoms with van der Waals surface area (Å²) in [6.07, 6.45) is 4.58. The van der Waals surface area contributed by atoms with Gasteiger partial charge in [-0.25, -0.2) is 0 Å². The molecule has 4 heteroatoms. The highest BCUT2D eigenvalue weighted by Crippen LogP contribution is 2.21. The molecule has 0 spiro atoms. The summed E-state index contributed by atoms with van der Waals surface area (Å²) in [5, 5.41) is 6.25. The number of nitrogens with zero attached hydrogens (tertiary/aromatic N) is 1. The molecule has 16 heavy (non-hydrogen) atoms. The molecule has 0 aromatic heterocycles. The second-order valence-electron chi connectivity index (χ2n) is 5.01. The van der Waals surface area contributed by atoms with Crippen molar-refractivity contribution in [3.8, 4) is 0 Å². The molecule has 2 aliphatic rings. The second-order valence-corrected chi connectivity index (χ2v) is 5.01. The fourth-order valence-electron chi connectivity index (χ4n) is 2.87. The summed E-state index contributed by atoms with van der Waals surface area (Å²) < 4.78 is 0. The van der Waals surface area contributed by atoms with E-state index in [1.165, 1.54) is 12.8 Å². The highest BCUT2D eigenvalue weighted by molar-refractivity contribution is 5.81. The molecule has 0 saturated carbocycles. The lowest BCUT2D eigenvalue weighted by molar-refractivity contribution is -0.125. The van der Waals surface area contributed by atoms with E-state index in [-0.39, 0.29) is 11.9 Å². The van der Waals surface area contributed by atoms with E-state index < -0.39 is 0 Å². The molecule has 0 aromatic carbocycles. The summed E-state index contributed by atoms with van der Waals surface area (Å²) in [6.45, 7) is 4.11.